The van der Waals surface area contributed by atoms with E-state index in [1.54, 1.807) is 0 Å². The fourth-order valence-electron chi connectivity index (χ4n) is 2.43. The Bertz CT molecular complexity index is 536. The van der Waals surface area contributed by atoms with Crippen molar-refractivity contribution >= 4 is 33.1 Å². The molecule has 0 spiro atoms. The molecule has 1 atom stereocenters. The number of likely N-dealkylation sites (N-methyl/N-ethyl adjacent to an activating group) is 1. The predicted octanol–water partition coefficient (Wildman–Crippen LogP) is 1.68. The Kier molecular flexibility index (Phi) is 2.64. The van der Waals surface area contributed by atoms with Crippen molar-refractivity contribution in [2.24, 2.45) is 0 Å². The van der Waals surface area contributed by atoms with E-state index in [0.29, 0.717) is 11.9 Å². The summed E-state index contributed by atoms with van der Waals surface area (Å²) in [6, 6.07) is 6.87. The van der Waals surface area contributed by atoms with Gasteiger partial charge in [0.15, 0.2) is 0 Å². The lowest BCUT2D eigenvalue weighted by Crippen LogP contribution is -2.29. The van der Waals surface area contributed by atoms with Crippen LogP contribution in [0, 0.1) is 0 Å². The molecule has 1 fully saturated rings. The molecule has 0 amide bonds. The van der Waals surface area contributed by atoms with Crippen LogP contribution in [0.3, 0.4) is 0 Å². The van der Waals surface area contributed by atoms with E-state index >= 15 is 0 Å². The summed E-state index contributed by atoms with van der Waals surface area (Å²) in [4.78, 5) is 2.42. The lowest BCUT2D eigenvalue weighted by Gasteiger charge is -2.19. The van der Waals surface area contributed by atoms with Gasteiger partial charge in [-0.25, -0.2) is 0 Å². The molecule has 2 aromatic rings. The highest BCUT2D eigenvalue weighted by Crippen LogP contribution is 2.34. The predicted molar refractivity (Wildman–Crippen MR) is 73.7 cm³/mol. The van der Waals surface area contributed by atoms with Crippen molar-refractivity contribution in [3.8, 4) is 0 Å². The summed E-state index contributed by atoms with van der Waals surface area (Å²) < 4.78 is 5.45. The van der Waals surface area contributed by atoms with Gasteiger partial charge in [0.2, 0.25) is 0 Å². The average molecular weight is 248 g/mol. The van der Waals surface area contributed by atoms with Gasteiger partial charge in [0.1, 0.15) is 5.82 Å². The summed E-state index contributed by atoms with van der Waals surface area (Å²) in [6.07, 6.45) is 1.20. The molecular weight excluding hydrogens is 232 g/mol. The molecule has 90 valence electrons. The van der Waals surface area contributed by atoms with Crippen molar-refractivity contribution in [1.82, 2.24) is 9.69 Å². The fraction of sp³-hybridized carbons (Fsp3) is 0.417. The standard InChI is InChI=1S/C12H16N4S/c1-14-8-5-6-16(7-8)10-4-2-3-9-11(10)17-15-12(9)13/h2-4,8,14H,5-7H2,1H3,(H2,13,15). The Hall–Kier alpha value is -1.33. The first-order valence-corrected chi connectivity index (χ1v) is 6.63. The van der Waals surface area contributed by atoms with Gasteiger partial charge >= 0.3 is 0 Å². The van der Waals surface area contributed by atoms with Crippen LogP contribution >= 0.6 is 11.5 Å². The monoisotopic (exact) mass is 248 g/mol. The molecule has 1 unspecified atom stereocenters. The van der Waals surface area contributed by atoms with Crippen LogP contribution in [0.15, 0.2) is 18.2 Å². The van der Waals surface area contributed by atoms with E-state index < -0.39 is 0 Å². The Balaban J connectivity index is 2.00. The van der Waals surface area contributed by atoms with Crippen molar-refractivity contribution in [3.05, 3.63) is 18.2 Å². The fourth-order valence-corrected chi connectivity index (χ4v) is 3.28. The molecule has 17 heavy (non-hydrogen) atoms. The third-order valence-corrected chi connectivity index (χ3v) is 4.34. The number of nitrogen functional groups attached to an aromatic ring is 1. The second-order valence-electron chi connectivity index (χ2n) is 4.44. The Morgan fingerprint density at radius 2 is 2.41 bits per heavy atom. The number of nitrogens with zero attached hydrogens (tertiary/aromatic N) is 2. The molecule has 1 aliphatic heterocycles. The molecule has 0 aliphatic carbocycles. The zero-order valence-corrected chi connectivity index (χ0v) is 10.6. The lowest BCUT2D eigenvalue weighted by atomic mass is 10.2. The molecule has 1 aromatic heterocycles. The first-order chi connectivity index (χ1) is 8.29. The zero-order valence-electron chi connectivity index (χ0n) is 9.81. The van der Waals surface area contributed by atoms with Crippen LogP contribution in [0.5, 0.6) is 0 Å². The number of nitrogens with two attached hydrogens (primary N) is 1. The molecule has 0 radical (unpaired) electrons. The number of hydrogen-bond donors (Lipinski definition) is 2. The number of benzene rings is 1. The zero-order chi connectivity index (χ0) is 11.8. The largest absolute Gasteiger partial charge is 0.382 e. The topological polar surface area (TPSA) is 54.2 Å². The minimum absolute atomic E-state index is 0.593. The van der Waals surface area contributed by atoms with Crippen LogP contribution in [0.25, 0.3) is 10.1 Å². The van der Waals surface area contributed by atoms with Crippen LogP contribution < -0.4 is 16.0 Å². The number of nitrogens with one attached hydrogen (secondary N) is 1. The molecule has 0 bridgehead atoms. The number of fused-ring (bicyclic) bond motifs is 1. The van der Waals surface area contributed by atoms with E-state index in [2.05, 4.69) is 26.7 Å². The van der Waals surface area contributed by atoms with Crippen molar-refractivity contribution in [2.45, 2.75) is 12.5 Å². The molecule has 3 rings (SSSR count). The van der Waals surface area contributed by atoms with Gasteiger partial charge in [-0.15, -0.1) is 0 Å². The second-order valence-corrected chi connectivity index (χ2v) is 5.22. The summed E-state index contributed by atoms with van der Waals surface area (Å²) >= 11 is 1.50. The van der Waals surface area contributed by atoms with Crippen molar-refractivity contribution in [1.29, 1.82) is 0 Å². The molecule has 4 nitrogen and oxygen atoms in total. The minimum atomic E-state index is 0.593. The van der Waals surface area contributed by atoms with Gasteiger partial charge in [-0.1, -0.05) is 6.07 Å². The second kappa shape index (κ2) is 4.16. The summed E-state index contributed by atoms with van der Waals surface area (Å²) in [5.41, 5.74) is 7.14. The smallest absolute Gasteiger partial charge is 0.145 e. The lowest BCUT2D eigenvalue weighted by molar-refractivity contribution is 0.617. The van der Waals surface area contributed by atoms with E-state index in [4.69, 9.17) is 5.73 Å². The molecule has 1 aliphatic rings. The quantitative estimate of drug-likeness (QED) is 0.849. The molecule has 0 saturated carbocycles. The van der Waals surface area contributed by atoms with Crippen molar-refractivity contribution in [3.63, 3.8) is 0 Å². The average Bonchev–Trinajstić information content (AvgIpc) is 2.96. The van der Waals surface area contributed by atoms with E-state index in [-0.39, 0.29) is 0 Å². The van der Waals surface area contributed by atoms with Gasteiger partial charge in [0.25, 0.3) is 0 Å². The third-order valence-electron chi connectivity index (χ3n) is 3.44. The highest BCUT2D eigenvalue weighted by atomic mass is 32.1. The van der Waals surface area contributed by atoms with Crippen LogP contribution in [0.2, 0.25) is 0 Å². The molecule has 5 heteroatoms. The van der Waals surface area contributed by atoms with Gasteiger partial charge < -0.3 is 16.0 Å². The number of anilines is 2. The minimum Gasteiger partial charge on any atom is -0.382 e. The van der Waals surface area contributed by atoms with Crippen LogP contribution in [0.1, 0.15) is 6.42 Å². The number of aromatic nitrogens is 1. The van der Waals surface area contributed by atoms with Gasteiger partial charge in [0.05, 0.1) is 10.4 Å². The van der Waals surface area contributed by atoms with E-state index in [1.165, 1.54) is 28.3 Å². The van der Waals surface area contributed by atoms with E-state index in [9.17, 15) is 0 Å². The first-order valence-electron chi connectivity index (χ1n) is 5.85. The van der Waals surface area contributed by atoms with Crippen molar-refractivity contribution < 1.29 is 0 Å². The normalized spacial score (nSPS) is 20.3. The van der Waals surface area contributed by atoms with Gasteiger partial charge in [0, 0.05) is 24.5 Å². The molecule has 2 heterocycles. The Morgan fingerprint density at radius 3 is 3.18 bits per heavy atom. The number of rotatable bonds is 2. The highest BCUT2D eigenvalue weighted by Gasteiger charge is 2.23. The van der Waals surface area contributed by atoms with E-state index in [1.807, 2.05) is 13.1 Å². The maximum Gasteiger partial charge on any atom is 0.145 e. The SMILES string of the molecule is CNC1CCN(c2cccc3c(N)nsc23)C1. The van der Waals surface area contributed by atoms with Crippen LogP contribution in [0.4, 0.5) is 11.5 Å². The first kappa shape index (κ1) is 10.8. The molecule has 1 aromatic carbocycles. The summed E-state index contributed by atoms with van der Waals surface area (Å²) in [6.45, 7) is 2.16. The van der Waals surface area contributed by atoms with E-state index in [0.717, 1.165) is 18.5 Å². The summed E-state index contributed by atoms with van der Waals surface area (Å²) in [5.74, 6) is 0.649. The summed E-state index contributed by atoms with van der Waals surface area (Å²) in [5, 5.41) is 4.42. The van der Waals surface area contributed by atoms with Gasteiger partial charge in [-0.05, 0) is 37.1 Å². The van der Waals surface area contributed by atoms with Gasteiger partial charge in [-0.2, -0.15) is 4.37 Å². The maximum absolute atomic E-state index is 5.87. The van der Waals surface area contributed by atoms with Crippen molar-refractivity contribution in [2.75, 3.05) is 30.8 Å². The third kappa shape index (κ3) is 1.75. The van der Waals surface area contributed by atoms with Crippen LogP contribution in [-0.4, -0.2) is 30.6 Å². The highest BCUT2D eigenvalue weighted by molar-refractivity contribution is 7.14. The summed E-state index contributed by atoms with van der Waals surface area (Å²) in [7, 11) is 2.03. The van der Waals surface area contributed by atoms with Crippen LogP contribution in [-0.2, 0) is 0 Å². The Labute approximate surface area is 105 Å². The number of hydrogen-bond acceptors (Lipinski definition) is 5. The Morgan fingerprint density at radius 1 is 1.53 bits per heavy atom. The molecule has 3 N–H and O–H groups in total. The maximum atomic E-state index is 5.87. The molecule has 1 saturated heterocycles. The molecular formula is C12H16N4S. The van der Waals surface area contributed by atoms with Gasteiger partial charge in [-0.3, -0.25) is 0 Å².